The van der Waals surface area contributed by atoms with Gasteiger partial charge in [0.2, 0.25) is 0 Å². The largest absolute Gasteiger partial charge is 0.369 e. The summed E-state index contributed by atoms with van der Waals surface area (Å²) in [5.41, 5.74) is 0. The van der Waals surface area contributed by atoms with E-state index in [2.05, 4.69) is 60.3 Å². The molecule has 2 radical (unpaired) electrons. The van der Waals surface area contributed by atoms with E-state index in [9.17, 15) is 0 Å². The zero-order valence-electron chi connectivity index (χ0n) is 7.13. The summed E-state index contributed by atoms with van der Waals surface area (Å²) in [6.07, 6.45) is 0. The minimum Gasteiger partial charge on any atom is -0.369 e. The average Bonchev–Trinajstić information content (AvgIpc) is 1.79. The van der Waals surface area contributed by atoms with Crippen LogP contribution in [0.5, 0.6) is 0 Å². The molecule has 8 heteroatoms. The Labute approximate surface area is 139 Å². The predicted octanol–water partition coefficient (Wildman–Crippen LogP) is -0.167. The molecule has 0 saturated heterocycles. The molecule has 12 heavy (non-hydrogen) atoms. The van der Waals surface area contributed by atoms with E-state index in [4.69, 9.17) is 0 Å². The number of nitrogens with one attached hydrogen (secondary N) is 2. The van der Waals surface area contributed by atoms with E-state index in [1.54, 1.807) is 0 Å². The van der Waals surface area contributed by atoms with Crippen LogP contribution in [0.15, 0.2) is 0 Å². The SMILES string of the molecule is S=C(S)NCCNC(=S)S.[Na].[Na]. The molecule has 0 saturated carbocycles. The van der Waals surface area contributed by atoms with Crippen molar-refractivity contribution in [2.24, 2.45) is 0 Å². The monoisotopic (exact) mass is 258 g/mol. The topological polar surface area (TPSA) is 24.1 Å². The summed E-state index contributed by atoms with van der Waals surface area (Å²) >= 11 is 17.0. The van der Waals surface area contributed by atoms with E-state index >= 15 is 0 Å². The molecule has 0 amide bonds. The zero-order chi connectivity index (χ0) is 7.98. The number of hydrogen-bond acceptors (Lipinski definition) is 2. The minimum atomic E-state index is 0. The van der Waals surface area contributed by atoms with Gasteiger partial charge in [-0.15, -0.1) is 25.3 Å². The van der Waals surface area contributed by atoms with Crippen LogP contribution in [0.25, 0.3) is 0 Å². The third kappa shape index (κ3) is 18.3. The Hall–Kier alpha value is 2.48. The third-order valence-corrected chi connectivity index (χ3v) is 1.28. The average molecular weight is 258 g/mol. The fourth-order valence-corrected chi connectivity index (χ4v) is 0.767. The van der Waals surface area contributed by atoms with Crippen LogP contribution in [-0.2, 0) is 0 Å². The molecule has 0 rings (SSSR count). The van der Waals surface area contributed by atoms with Crippen molar-refractivity contribution in [1.29, 1.82) is 0 Å². The van der Waals surface area contributed by atoms with Crippen LogP contribution in [0.4, 0.5) is 0 Å². The minimum absolute atomic E-state index is 0. The van der Waals surface area contributed by atoms with Crippen molar-refractivity contribution in [3.63, 3.8) is 0 Å². The molecule has 0 bridgehead atoms. The van der Waals surface area contributed by atoms with Gasteiger partial charge in [-0.2, -0.15) is 0 Å². The maximum absolute atomic E-state index is 4.65. The predicted molar refractivity (Wildman–Crippen MR) is 70.7 cm³/mol. The summed E-state index contributed by atoms with van der Waals surface area (Å²) in [5.74, 6) is 0. The molecule has 60 valence electrons. The van der Waals surface area contributed by atoms with E-state index in [1.165, 1.54) is 0 Å². The normalized spacial score (nSPS) is 7.17. The van der Waals surface area contributed by atoms with Gasteiger partial charge in [0.15, 0.2) is 0 Å². The van der Waals surface area contributed by atoms with Crippen LogP contribution < -0.4 is 10.6 Å². The van der Waals surface area contributed by atoms with Crippen LogP contribution in [0.1, 0.15) is 0 Å². The second kappa shape index (κ2) is 13.5. The fraction of sp³-hybridized carbons (Fsp3) is 0.500. The molecule has 0 unspecified atom stereocenters. The number of thiol groups is 2. The first-order chi connectivity index (χ1) is 4.63. The van der Waals surface area contributed by atoms with Crippen molar-refractivity contribution < 1.29 is 0 Å². The van der Waals surface area contributed by atoms with Gasteiger partial charge in [0.25, 0.3) is 0 Å². The molecule has 0 spiro atoms. The van der Waals surface area contributed by atoms with Gasteiger partial charge in [-0.05, 0) is 0 Å². The Balaban J connectivity index is -0.000000405. The van der Waals surface area contributed by atoms with Gasteiger partial charge in [0, 0.05) is 72.2 Å². The Morgan fingerprint density at radius 3 is 1.33 bits per heavy atom. The molecule has 2 N–H and O–H groups in total. The van der Waals surface area contributed by atoms with E-state index in [0.29, 0.717) is 21.7 Å². The van der Waals surface area contributed by atoms with Gasteiger partial charge in [0.05, 0.1) is 0 Å². The summed E-state index contributed by atoms with van der Waals surface area (Å²) in [6.45, 7) is 1.42. The molecule has 0 aliphatic heterocycles. The molecule has 0 aromatic rings. The molecule has 0 heterocycles. The van der Waals surface area contributed by atoms with Gasteiger partial charge in [-0.25, -0.2) is 0 Å². The van der Waals surface area contributed by atoms with Crippen molar-refractivity contribution in [2.45, 2.75) is 0 Å². The smallest absolute Gasteiger partial charge is 0.130 e. The van der Waals surface area contributed by atoms with Crippen molar-refractivity contribution >= 4 is 117 Å². The molecule has 0 aromatic carbocycles. The van der Waals surface area contributed by atoms with E-state index in [1.807, 2.05) is 0 Å². The van der Waals surface area contributed by atoms with Gasteiger partial charge < -0.3 is 10.6 Å². The second-order valence-electron chi connectivity index (χ2n) is 1.46. The van der Waals surface area contributed by atoms with Crippen molar-refractivity contribution in [2.75, 3.05) is 13.1 Å². The summed E-state index contributed by atoms with van der Waals surface area (Å²) in [7, 11) is 0. The van der Waals surface area contributed by atoms with Crippen LogP contribution in [-0.4, -0.2) is 80.8 Å². The van der Waals surface area contributed by atoms with E-state index in [0.717, 1.165) is 0 Å². The molecular weight excluding hydrogens is 250 g/mol. The first-order valence-corrected chi connectivity index (χ1v) is 4.27. The van der Waals surface area contributed by atoms with E-state index < -0.39 is 0 Å². The van der Waals surface area contributed by atoms with Gasteiger partial charge in [-0.3, -0.25) is 0 Å². The molecule has 0 fully saturated rings. The van der Waals surface area contributed by atoms with Crippen molar-refractivity contribution in [3.8, 4) is 0 Å². The zero-order valence-corrected chi connectivity index (χ0v) is 14.5. The first-order valence-electron chi connectivity index (χ1n) is 2.56. The summed E-state index contributed by atoms with van der Waals surface area (Å²) in [5, 5.41) is 5.68. The van der Waals surface area contributed by atoms with Crippen LogP contribution in [0, 0.1) is 0 Å². The molecule has 0 atom stereocenters. The molecule has 0 aromatic heterocycles. The number of hydrogen-bond donors (Lipinski definition) is 4. The van der Waals surface area contributed by atoms with Crippen LogP contribution >= 0.6 is 49.7 Å². The van der Waals surface area contributed by atoms with Gasteiger partial charge >= 0.3 is 0 Å². The van der Waals surface area contributed by atoms with Gasteiger partial charge in [-0.1, -0.05) is 24.4 Å². The molecular formula is C4H8N2Na2S4. The fourth-order valence-electron chi connectivity index (χ4n) is 0.339. The Kier molecular flexibility index (Phi) is 22.4. The molecule has 2 nitrogen and oxygen atoms in total. The quantitative estimate of drug-likeness (QED) is 0.244. The maximum atomic E-state index is 4.65. The summed E-state index contributed by atoms with van der Waals surface area (Å²) in [6, 6.07) is 0. The van der Waals surface area contributed by atoms with Crippen molar-refractivity contribution in [3.05, 3.63) is 0 Å². The maximum Gasteiger partial charge on any atom is 0.130 e. The van der Waals surface area contributed by atoms with Crippen LogP contribution in [0.2, 0.25) is 0 Å². The third-order valence-electron chi connectivity index (χ3n) is 0.677. The van der Waals surface area contributed by atoms with Crippen LogP contribution in [0.3, 0.4) is 0 Å². The molecule has 0 aliphatic rings. The standard InChI is InChI=1S/C4H8N2S4.2Na/c7-3(8)5-1-2-6-4(9)10;;/h1-2H2,(H2,5,7,8)(H2,6,9,10);;. The van der Waals surface area contributed by atoms with E-state index in [-0.39, 0.29) is 59.1 Å². The second-order valence-corrected chi connectivity index (χ2v) is 3.78. The Morgan fingerprint density at radius 2 is 1.17 bits per heavy atom. The summed E-state index contributed by atoms with van der Waals surface area (Å²) in [4.78, 5) is 0. The van der Waals surface area contributed by atoms with Gasteiger partial charge in [0.1, 0.15) is 8.64 Å². The number of thiocarbonyl (C=S) groups is 2. The molecule has 0 aliphatic carbocycles. The first kappa shape index (κ1) is 20.0. The Bertz CT molecular complexity index is 127. The Morgan fingerprint density at radius 1 is 0.917 bits per heavy atom. The number of rotatable bonds is 3. The van der Waals surface area contributed by atoms with Crippen molar-refractivity contribution in [1.82, 2.24) is 10.6 Å². The summed E-state index contributed by atoms with van der Waals surface area (Å²) < 4.78 is 0.985.